The molecule has 0 aromatic heterocycles. The minimum Gasteiger partial charge on any atom is -0.353 e. The van der Waals surface area contributed by atoms with Crippen molar-refractivity contribution in [2.45, 2.75) is 31.5 Å². The summed E-state index contributed by atoms with van der Waals surface area (Å²) < 4.78 is 10.7. The molecule has 1 rings (SSSR count). The van der Waals surface area contributed by atoms with Gasteiger partial charge in [0.1, 0.15) is 0 Å². The summed E-state index contributed by atoms with van der Waals surface area (Å²) in [5.41, 5.74) is 0. The molecule has 65 valence electrons. The molecule has 2 heteroatoms. The third kappa shape index (κ3) is 1.94. The van der Waals surface area contributed by atoms with Crippen molar-refractivity contribution in [3.8, 4) is 0 Å². The highest BCUT2D eigenvalue weighted by Gasteiger charge is 2.33. The Labute approximate surface area is 68.9 Å². The Morgan fingerprint density at radius 3 is 2.00 bits per heavy atom. The zero-order valence-electron chi connectivity index (χ0n) is 7.43. The second-order valence-corrected chi connectivity index (χ2v) is 3.26. The average molecular weight is 157 g/mol. The molecule has 11 heavy (non-hydrogen) atoms. The molecule has 0 aromatic carbocycles. The summed E-state index contributed by atoms with van der Waals surface area (Å²) in [5, 5.41) is 0. The fourth-order valence-electron chi connectivity index (χ4n) is 1.61. The van der Waals surface area contributed by atoms with E-state index >= 15 is 0 Å². The maximum Gasteiger partial charge on any atom is 0.167 e. The molecule has 0 N–H and O–H groups in total. The molecule has 2 nitrogen and oxygen atoms in total. The largest absolute Gasteiger partial charge is 0.353 e. The van der Waals surface area contributed by atoms with Gasteiger partial charge in [-0.05, 0) is 18.8 Å². The van der Waals surface area contributed by atoms with Crippen molar-refractivity contribution in [1.29, 1.82) is 0 Å². The molecule has 0 unspecified atom stereocenters. The minimum atomic E-state index is -0.297. The van der Waals surface area contributed by atoms with Crippen LogP contribution in [0.4, 0.5) is 0 Å². The highest BCUT2D eigenvalue weighted by Crippen LogP contribution is 2.34. The van der Waals surface area contributed by atoms with Gasteiger partial charge in [0.2, 0.25) is 0 Å². The predicted molar refractivity (Wildman–Crippen MR) is 44.1 cm³/mol. The second-order valence-electron chi connectivity index (χ2n) is 3.26. The molecule has 1 fully saturated rings. The van der Waals surface area contributed by atoms with E-state index in [9.17, 15) is 0 Å². The van der Waals surface area contributed by atoms with Crippen LogP contribution in [0.3, 0.4) is 0 Å². The molecule has 1 saturated carbocycles. The van der Waals surface area contributed by atoms with E-state index < -0.39 is 0 Å². The Balaban J connectivity index is 2.45. The van der Waals surface area contributed by atoms with Crippen LogP contribution in [0.2, 0.25) is 0 Å². The average Bonchev–Trinajstić information content (AvgIpc) is 2.07. The topological polar surface area (TPSA) is 18.5 Å². The Hall–Kier alpha value is -0.0800. The van der Waals surface area contributed by atoms with Gasteiger partial charge in [0, 0.05) is 27.1 Å². The molecule has 0 saturated heterocycles. The zero-order valence-corrected chi connectivity index (χ0v) is 7.43. The third-order valence-electron chi connectivity index (χ3n) is 2.61. The maximum atomic E-state index is 5.33. The molecule has 0 bridgehead atoms. The lowest BCUT2D eigenvalue weighted by atomic mass is 9.86. The lowest BCUT2D eigenvalue weighted by Crippen LogP contribution is -2.37. The second kappa shape index (κ2) is 3.55. The van der Waals surface area contributed by atoms with Gasteiger partial charge in [-0.2, -0.15) is 0 Å². The molecule has 1 aliphatic carbocycles. The van der Waals surface area contributed by atoms with Crippen LogP contribution < -0.4 is 0 Å². The summed E-state index contributed by atoms with van der Waals surface area (Å²) in [5.74, 6) is 0.294. The van der Waals surface area contributed by atoms with Crippen LogP contribution in [-0.2, 0) is 9.47 Å². The van der Waals surface area contributed by atoms with E-state index in [1.54, 1.807) is 14.2 Å². The first kappa shape index (κ1) is 9.01. The van der Waals surface area contributed by atoms with E-state index in [0.717, 1.165) is 25.7 Å². The van der Waals surface area contributed by atoms with Gasteiger partial charge >= 0.3 is 0 Å². The van der Waals surface area contributed by atoms with Gasteiger partial charge in [-0.3, -0.25) is 0 Å². The smallest absolute Gasteiger partial charge is 0.167 e. The van der Waals surface area contributed by atoms with Crippen LogP contribution in [0.15, 0.2) is 0 Å². The fourth-order valence-corrected chi connectivity index (χ4v) is 1.61. The summed E-state index contributed by atoms with van der Waals surface area (Å²) in [7, 11) is 3.43. The first-order valence-corrected chi connectivity index (χ1v) is 4.16. The lowest BCUT2D eigenvalue weighted by Gasteiger charge is -2.36. The summed E-state index contributed by atoms with van der Waals surface area (Å²) in [6, 6.07) is 0. The summed E-state index contributed by atoms with van der Waals surface area (Å²) in [6.07, 6.45) is 4.19. The number of rotatable bonds is 2. The Morgan fingerprint density at radius 1 is 1.18 bits per heavy atom. The van der Waals surface area contributed by atoms with Crippen molar-refractivity contribution >= 4 is 0 Å². The van der Waals surface area contributed by atoms with Crippen LogP contribution in [0.1, 0.15) is 25.7 Å². The van der Waals surface area contributed by atoms with Crippen LogP contribution in [-0.4, -0.2) is 20.0 Å². The van der Waals surface area contributed by atoms with Crippen LogP contribution >= 0.6 is 0 Å². The molecule has 1 radical (unpaired) electrons. The zero-order chi connectivity index (χ0) is 8.32. The SMILES string of the molecule is [CH2]C1CCC(OC)(OC)CC1. The number of hydrogen-bond acceptors (Lipinski definition) is 2. The minimum absolute atomic E-state index is 0.297. The van der Waals surface area contributed by atoms with Crippen molar-refractivity contribution in [3.63, 3.8) is 0 Å². The standard InChI is InChI=1S/C9H17O2/c1-8-4-6-9(10-2,11-3)7-5-8/h8H,1,4-7H2,2-3H3. The van der Waals surface area contributed by atoms with E-state index in [0.29, 0.717) is 5.92 Å². The van der Waals surface area contributed by atoms with Crippen molar-refractivity contribution in [1.82, 2.24) is 0 Å². The van der Waals surface area contributed by atoms with Crippen molar-refractivity contribution in [2.24, 2.45) is 5.92 Å². The molecular weight excluding hydrogens is 140 g/mol. The fraction of sp³-hybridized carbons (Fsp3) is 0.889. The van der Waals surface area contributed by atoms with E-state index in [2.05, 4.69) is 6.92 Å². The third-order valence-corrected chi connectivity index (χ3v) is 2.61. The molecule has 1 aliphatic rings. The normalized spacial score (nSPS) is 25.4. The highest BCUT2D eigenvalue weighted by atomic mass is 16.7. The molecule has 0 aliphatic heterocycles. The predicted octanol–water partition coefficient (Wildman–Crippen LogP) is 2.00. The Bertz CT molecular complexity index is 109. The summed E-state index contributed by atoms with van der Waals surface area (Å²) >= 11 is 0. The Morgan fingerprint density at radius 2 is 1.64 bits per heavy atom. The van der Waals surface area contributed by atoms with Crippen LogP contribution in [0.5, 0.6) is 0 Å². The van der Waals surface area contributed by atoms with Crippen molar-refractivity contribution in [2.75, 3.05) is 14.2 Å². The van der Waals surface area contributed by atoms with Gasteiger partial charge in [-0.25, -0.2) is 0 Å². The van der Waals surface area contributed by atoms with Gasteiger partial charge in [0.15, 0.2) is 5.79 Å². The van der Waals surface area contributed by atoms with Gasteiger partial charge in [0.25, 0.3) is 0 Å². The number of methoxy groups -OCH3 is 2. The number of ether oxygens (including phenoxy) is 2. The quantitative estimate of drug-likeness (QED) is 0.571. The molecule has 0 heterocycles. The van der Waals surface area contributed by atoms with E-state index in [-0.39, 0.29) is 5.79 Å². The first-order valence-electron chi connectivity index (χ1n) is 4.16. The monoisotopic (exact) mass is 157 g/mol. The van der Waals surface area contributed by atoms with Crippen LogP contribution in [0.25, 0.3) is 0 Å². The summed E-state index contributed by atoms with van der Waals surface area (Å²) in [4.78, 5) is 0. The Kier molecular flexibility index (Phi) is 2.90. The molecule has 0 atom stereocenters. The maximum absolute atomic E-state index is 5.33. The van der Waals surface area contributed by atoms with Gasteiger partial charge in [-0.15, -0.1) is 0 Å². The van der Waals surface area contributed by atoms with E-state index in [1.807, 2.05) is 0 Å². The molecule has 0 aromatic rings. The van der Waals surface area contributed by atoms with Crippen molar-refractivity contribution < 1.29 is 9.47 Å². The number of hydrogen-bond donors (Lipinski definition) is 0. The molecular formula is C9H17O2. The lowest BCUT2D eigenvalue weighted by molar-refractivity contribution is -0.226. The van der Waals surface area contributed by atoms with E-state index in [1.165, 1.54) is 0 Å². The van der Waals surface area contributed by atoms with Gasteiger partial charge < -0.3 is 9.47 Å². The molecule has 0 spiro atoms. The van der Waals surface area contributed by atoms with Crippen LogP contribution in [0, 0.1) is 12.8 Å². The van der Waals surface area contributed by atoms with Gasteiger partial charge in [0.05, 0.1) is 0 Å². The highest BCUT2D eigenvalue weighted by molar-refractivity contribution is 4.80. The summed E-state index contributed by atoms with van der Waals surface area (Å²) in [6.45, 7) is 4.02. The first-order chi connectivity index (χ1) is 5.22. The molecule has 0 amide bonds. The van der Waals surface area contributed by atoms with Gasteiger partial charge in [-0.1, -0.05) is 6.92 Å². The van der Waals surface area contributed by atoms with E-state index in [4.69, 9.17) is 9.47 Å². The van der Waals surface area contributed by atoms with Crippen molar-refractivity contribution in [3.05, 3.63) is 6.92 Å².